The second kappa shape index (κ2) is 6.48. The van der Waals surface area contributed by atoms with Crippen LogP contribution in [0.15, 0.2) is 48.5 Å². The number of thiophene rings is 1. The summed E-state index contributed by atoms with van der Waals surface area (Å²) in [6.45, 7) is 0. The van der Waals surface area contributed by atoms with Crippen molar-refractivity contribution in [1.82, 2.24) is 4.98 Å². The van der Waals surface area contributed by atoms with E-state index in [2.05, 4.69) is 10.3 Å². The van der Waals surface area contributed by atoms with Crippen LogP contribution in [-0.4, -0.2) is 18.0 Å². The Morgan fingerprint density at radius 3 is 2.81 bits per heavy atom. The van der Waals surface area contributed by atoms with Crippen LogP contribution >= 0.6 is 22.9 Å². The third kappa shape index (κ3) is 2.83. The van der Waals surface area contributed by atoms with E-state index in [0.717, 1.165) is 22.0 Å². The molecule has 0 unspecified atom stereocenters. The molecule has 4 aromatic rings. The number of ether oxygens (including phenoxy) is 1. The molecule has 0 saturated carbocycles. The number of fused-ring (bicyclic) bond motifs is 2. The van der Waals surface area contributed by atoms with Gasteiger partial charge in [0.25, 0.3) is 5.91 Å². The summed E-state index contributed by atoms with van der Waals surface area (Å²) in [5, 5.41) is 4.92. The minimum absolute atomic E-state index is 0.305. The average Bonchev–Trinajstić information content (AvgIpc) is 2.97. The molecule has 0 fully saturated rings. The van der Waals surface area contributed by atoms with E-state index in [1.165, 1.54) is 11.3 Å². The number of methoxy groups -OCH3 is 1. The zero-order valence-corrected chi connectivity index (χ0v) is 15.3. The molecule has 0 saturated heterocycles. The molecule has 1 amide bonds. The molecule has 0 aliphatic carbocycles. The van der Waals surface area contributed by atoms with Gasteiger partial charge in [0.1, 0.15) is 15.5 Å². The summed E-state index contributed by atoms with van der Waals surface area (Å²) in [6.07, 6.45) is 0. The Bertz CT molecular complexity index is 1160. The number of anilines is 2. The highest BCUT2D eigenvalue weighted by Gasteiger charge is 2.19. The lowest BCUT2D eigenvalue weighted by molar-refractivity contribution is 0.103. The Labute approximate surface area is 158 Å². The van der Waals surface area contributed by atoms with Gasteiger partial charge in [-0.05, 0) is 36.4 Å². The van der Waals surface area contributed by atoms with Crippen molar-refractivity contribution < 1.29 is 9.53 Å². The van der Waals surface area contributed by atoms with E-state index in [1.54, 1.807) is 31.4 Å². The number of benzene rings is 2. The molecule has 0 radical (unpaired) electrons. The molecule has 0 atom stereocenters. The number of nitrogen functional groups attached to an aromatic ring is 1. The van der Waals surface area contributed by atoms with Gasteiger partial charge < -0.3 is 15.8 Å². The fourth-order valence-corrected chi connectivity index (χ4v) is 3.88. The summed E-state index contributed by atoms with van der Waals surface area (Å²) >= 11 is 7.37. The minimum atomic E-state index is -0.305. The van der Waals surface area contributed by atoms with Crippen molar-refractivity contribution in [3.8, 4) is 5.75 Å². The predicted molar refractivity (Wildman–Crippen MR) is 107 cm³/mol. The van der Waals surface area contributed by atoms with Crippen molar-refractivity contribution >= 4 is 61.3 Å². The summed E-state index contributed by atoms with van der Waals surface area (Å²) < 4.78 is 5.25. The van der Waals surface area contributed by atoms with Crippen LogP contribution in [0, 0.1) is 0 Å². The number of halogens is 1. The number of pyridine rings is 1. The van der Waals surface area contributed by atoms with Gasteiger partial charge in [-0.25, -0.2) is 4.98 Å². The molecule has 2 heterocycles. The molecule has 0 spiro atoms. The summed E-state index contributed by atoms with van der Waals surface area (Å²) in [6, 6.07) is 14.6. The van der Waals surface area contributed by atoms with Crippen molar-refractivity contribution in [3.05, 3.63) is 58.4 Å². The lowest BCUT2D eigenvalue weighted by atomic mass is 10.1. The fourth-order valence-electron chi connectivity index (χ4n) is 2.72. The average molecular weight is 384 g/mol. The molecular weight excluding hydrogens is 370 g/mol. The first-order valence-electron chi connectivity index (χ1n) is 7.79. The van der Waals surface area contributed by atoms with Gasteiger partial charge in [0.15, 0.2) is 0 Å². The standard InChI is InChI=1S/C19H14ClN3O2S/c1-25-11-6-7-14-10(8-11)9-12-16(21)17(26-19(12)23-14)18(24)22-15-5-3-2-4-13(15)20/h2-9H,21H2,1H3,(H,22,24). The molecule has 3 N–H and O–H groups in total. The molecule has 26 heavy (non-hydrogen) atoms. The zero-order valence-electron chi connectivity index (χ0n) is 13.7. The van der Waals surface area contributed by atoms with Gasteiger partial charge in [-0.2, -0.15) is 0 Å². The zero-order chi connectivity index (χ0) is 18.3. The smallest absolute Gasteiger partial charge is 0.267 e. The van der Waals surface area contributed by atoms with Gasteiger partial charge in [0, 0.05) is 10.8 Å². The molecular formula is C19H14ClN3O2S. The number of carbonyl (C=O) groups is 1. The van der Waals surface area contributed by atoms with Crippen LogP contribution in [-0.2, 0) is 0 Å². The highest BCUT2D eigenvalue weighted by molar-refractivity contribution is 7.21. The SMILES string of the molecule is COc1ccc2nc3sc(C(=O)Nc4ccccc4Cl)c(N)c3cc2c1. The van der Waals surface area contributed by atoms with Crippen molar-refractivity contribution in [2.45, 2.75) is 0 Å². The van der Waals surface area contributed by atoms with Crippen LogP contribution in [0.2, 0.25) is 5.02 Å². The first kappa shape index (κ1) is 16.6. The molecule has 2 aromatic carbocycles. The molecule has 5 nitrogen and oxygen atoms in total. The van der Waals surface area contributed by atoms with Crippen LogP contribution in [0.4, 0.5) is 11.4 Å². The van der Waals surface area contributed by atoms with E-state index in [1.807, 2.05) is 24.3 Å². The number of nitrogens with zero attached hydrogens (tertiary/aromatic N) is 1. The summed E-state index contributed by atoms with van der Waals surface area (Å²) in [7, 11) is 1.61. The Balaban J connectivity index is 1.78. The quantitative estimate of drug-likeness (QED) is 0.525. The first-order chi connectivity index (χ1) is 12.6. The molecule has 0 aliphatic rings. The first-order valence-corrected chi connectivity index (χ1v) is 8.99. The van der Waals surface area contributed by atoms with Crippen LogP contribution in [0.5, 0.6) is 5.75 Å². The number of aromatic nitrogens is 1. The van der Waals surface area contributed by atoms with Crippen LogP contribution in [0.1, 0.15) is 9.67 Å². The highest BCUT2D eigenvalue weighted by atomic mass is 35.5. The van der Waals surface area contributed by atoms with Gasteiger partial charge >= 0.3 is 0 Å². The lowest BCUT2D eigenvalue weighted by Gasteiger charge is -2.06. The van der Waals surface area contributed by atoms with Gasteiger partial charge in [0.2, 0.25) is 0 Å². The number of hydrogen-bond acceptors (Lipinski definition) is 5. The monoisotopic (exact) mass is 383 g/mol. The molecule has 7 heteroatoms. The van der Waals surface area contributed by atoms with Crippen molar-refractivity contribution in [2.75, 3.05) is 18.2 Å². The number of nitrogens with two attached hydrogens (primary N) is 1. The lowest BCUT2D eigenvalue weighted by Crippen LogP contribution is -2.12. The van der Waals surface area contributed by atoms with Gasteiger partial charge in [-0.3, -0.25) is 4.79 Å². The third-order valence-corrected chi connectivity index (χ3v) is 5.49. The van der Waals surface area contributed by atoms with Gasteiger partial charge in [-0.15, -0.1) is 11.3 Å². The van der Waals surface area contributed by atoms with Crippen molar-refractivity contribution in [1.29, 1.82) is 0 Å². The number of para-hydroxylation sites is 1. The molecule has 0 aliphatic heterocycles. The maximum Gasteiger partial charge on any atom is 0.267 e. The summed E-state index contributed by atoms with van der Waals surface area (Å²) in [5.41, 5.74) is 8.01. The number of carbonyl (C=O) groups excluding carboxylic acids is 1. The van der Waals surface area contributed by atoms with E-state index in [-0.39, 0.29) is 5.91 Å². The van der Waals surface area contributed by atoms with Gasteiger partial charge in [-0.1, -0.05) is 23.7 Å². The molecule has 2 aromatic heterocycles. The normalized spacial score (nSPS) is 11.0. The maximum absolute atomic E-state index is 12.7. The number of amides is 1. The van der Waals surface area contributed by atoms with E-state index in [4.69, 9.17) is 22.1 Å². The molecule has 130 valence electrons. The summed E-state index contributed by atoms with van der Waals surface area (Å²) in [5.74, 6) is 0.435. The number of hydrogen-bond donors (Lipinski definition) is 2. The third-order valence-electron chi connectivity index (χ3n) is 4.05. The Morgan fingerprint density at radius 2 is 2.04 bits per heavy atom. The second-order valence-corrected chi connectivity index (χ2v) is 7.08. The Morgan fingerprint density at radius 1 is 1.23 bits per heavy atom. The van der Waals surface area contributed by atoms with Crippen LogP contribution in [0.25, 0.3) is 21.1 Å². The minimum Gasteiger partial charge on any atom is -0.497 e. The fraction of sp³-hybridized carbons (Fsp3) is 0.0526. The van der Waals surface area contributed by atoms with E-state index in [9.17, 15) is 4.79 Å². The number of rotatable bonds is 3. The van der Waals surface area contributed by atoms with E-state index >= 15 is 0 Å². The topological polar surface area (TPSA) is 77.2 Å². The maximum atomic E-state index is 12.7. The van der Waals surface area contributed by atoms with Crippen molar-refractivity contribution in [3.63, 3.8) is 0 Å². The van der Waals surface area contributed by atoms with Crippen LogP contribution in [0.3, 0.4) is 0 Å². The summed E-state index contributed by atoms with van der Waals surface area (Å²) in [4.78, 5) is 18.4. The second-order valence-electron chi connectivity index (χ2n) is 5.68. The Hall–Kier alpha value is -2.83. The van der Waals surface area contributed by atoms with E-state index < -0.39 is 0 Å². The van der Waals surface area contributed by atoms with E-state index in [0.29, 0.717) is 26.1 Å². The largest absolute Gasteiger partial charge is 0.497 e. The highest BCUT2D eigenvalue weighted by Crippen LogP contribution is 2.36. The Kier molecular flexibility index (Phi) is 4.14. The van der Waals surface area contributed by atoms with Crippen molar-refractivity contribution in [2.24, 2.45) is 0 Å². The van der Waals surface area contributed by atoms with Gasteiger partial charge in [0.05, 0.1) is 29.0 Å². The molecule has 4 rings (SSSR count). The molecule has 0 bridgehead atoms. The predicted octanol–water partition coefficient (Wildman–Crippen LogP) is 4.95. The van der Waals surface area contributed by atoms with Crippen LogP contribution < -0.4 is 15.8 Å². The number of nitrogens with one attached hydrogen (secondary N) is 1.